The first-order valence-corrected chi connectivity index (χ1v) is 9.09. The second kappa shape index (κ2) is 5.79. The molecule has 1 amide bonds. The monoisotopic (exact) mass is 376 g/mol. The van der Waals surface area contributed by atoms with Crippen LogP contribution in [0.4, 0.5) is 4.39 Å². The summed E-state index contributed by atoms with van der Waals surface area (Å²) in [4.78, 5) is 30.8. The smallest absolute Gasteiger partial charge is 0.262 e. The fraction of sp³-hybridized carbons (Fsp3) is 0.182. The van der Waals surface area contributed by atoms with Crippen molar-refractivity contribution in [3.63, 3.8) is 0 Å². The number of Topliss-reactive ketones (excluding diaryl/α,β-unsaturated/α-hetero) is 1. The first-order chi connectivity index (χ1) is 13.5. The Bertz CT molecular complexity index is 1190. The Labute approximate surface area is 160 Å². The number of fused-ring (bicyclic) bond motifs is 4. The first kappa shape index (κ1) is 16.7. The zero-order valence-electron chi connectivity index (χ0n) is 15.1. The van der Waals surface area contributed by atoms with Crippen LogP contribution in [0.1, 0.15) is 29.8 Å². The molecule has 0 unspecified atom stereocenters. The third kappa shape index (κ3) is 2.17. The van der Waals surface area contributed by atoms with Gasteiger partial charge in [-0.2, -0.15) is 0 Å². The van der Waals surface area contributed by atoms with Gasteiger partial charge in [-0.3, -0.25) is 9.59 Å². The molecule has 0 spiro atoms. The Kier molecular flexibility index (Phi) is 3.46. The number of carbonyl (C=O) groups excluding carboxylic acids is 2. The third-order valence-corrected chi connectivity index (χ3v) is 5.66. The number of ketones is 1. The normalized spacial score (nSPS) is 23.1. The lowest BCUT2D eigenvalue weighted by atomic mass is 9.88. The molecule has 1 fully saturated rings. The van der Waals surface area contributed by atoms with E-state index in [0.29, 0.717) is 12.0 Å². The largest absolute Gasteiger partial charge is 0.512 e. The molecule has 1 aromatic heterocycles. The number of H-pyrrole nitrogens is 1. The number of benzene rings is 2. The predicted molar refractivity (Wildman–Crippen MR) is 101 cm³/mol. The van der Waals surface area contributed by atoms with Gasteiger partial charge in [0.1, 0.15) is 23.2 Å². The maximum atomic E-state index is 14.0. The van der Waals surface area contributed by atoms with Gasteiger partial charge >= 0.3 is 0 Å². The van der Waals surface area contributed by atoms with Crippen LogP contribution in [0.25, 0.3) is 10.9 Å². The number of nitrogens with one attached hydrogen (secondary N) is 1. The molecule has 3 aromatic rings. The highest BCUT2D eigenvalue weighted by molar-refractivity contribution is 6.27. The molecule has 140 valence electrons. The van der Waals surface area contributed by atoms with Gasteiger partial charge in [-0.1, -0.05) is 30.3 Å². The summed E-state index contributed by atoms with van der Waals surface area (Å²) in [6, 6.07) is 12.5. The van der Waals surface area contributed by atoms with Gasteiger partial charge in [0.15, 0.2) is 5.78 Å². The molecular formula is C22H17FN2O3. The summed E-state index contributed by atoms with van der Waals surface area (Å²) in [5.41, 5.74) is 3.03. The molecule has 3 heterocycles. The number of allylic oxidation sites excluding steroid dienone is 1. The average molecular weight is 376 g/mol. The second-order valence-electron chi connectivity index (χ2n) is 7.28. The second-order valence-corrected chi connectivity index (χ2v) is 7.28. The van der Waals surface area contributed by atoms with Crippen LogP contribution in [-0.4, -0.2) is 32.7 Å². The SMILES string of the molecule is C/C(O)=C1\C(=O)[C@@H]2Cc3c([nH]c4ccccc34)[C@@H](c3cccc(F)c3)N2C1=O. The van der Waals surface area contributed by atoms with Crippen molar-refractivity contribution in [3.05, 3.63) is 82.5 Å². The lowest BCUT2D eigenvalue weighted by Gasteiger charge is -2.37. The Morgan fingerprint density at radius 1 is 1.18 bits per heavy atom. The van der Waals surface area contributed by atoms with Gasteiger partial charge in [-0.25, -0.2) is 4.39 Å². The fourth-order valence-electron chi connectivity index (χ4n) is 4.50. The number of aromatic nitrogens is 1. The fourth-order valence-corrected chi connectivity index (χ4v) is 4.50. The molecule has 1 saturated heterocycles. The van der Waals surface area contributed by atoms with E-state index in [2.05, 4.69) is 4.98 Å². The third-order valence-electron chi connectivity index (χ3n) is 5.66. The van der Waals surface area contributed by atoms with Crippen LogP contribution in [0.5, 0.6) is 0 Å². The quantitative estimate of drug-likeness (QED) is 0.387. The van der Waals surface area contributed by atoms with Crippen molar-refractivity contribution >= 4 is 22.6 Å². The Balaban J connectivity index is 1.80. The van der Waals surface area contributed by atoms with E-state index in [1.807, 2.05) is 24.3 Å². The summed E-state index contributed by atoms with van der Waals surface area (Å²) < 4.78 is 14.0. The predicted octanol–water partition coefficient (Wildman–Crippen LogP) is 3.56. The number of aromatic amines is 1. The molecule has 6 heteroatoms. The minimum Gasteiger partial charge on any atom is -0.512 e. The van der Waals surface area contributed by atoms with Crippen LogP contribution in [0, 0.1) is 5.82 Å². The summed E-state index contributed by atoms with van der Waals surface area (Å²) >= 11 is 0. The van der Waals surface area contributed by atoms with Gasteiger partial charge in [0.2, 0.25) is 0 Å². The molecule has 2 N–H and O–H groups in total. The van der Waals surface area contributed by atoms with Crippen molar-refractivity contribution in [2.75, 3.05) is 0 Å². The van der Waals surface area contributed by atoms with Crippen LogP contribution in [-0.2, 0) is 16.0 Å². The number of aliphatic hydroxyl groups excluding tert-OH is 1. The number of amides is 1. The van der Waals surface area contributed by atoms with E-state index >= 15 is 0 Å². The lowest BCUT2D eigenvalue weighted by Crippen LogP contribution is -2.44. The van der Waals surface area contributed by atoms with Gasteiger partial charge in [-0.05, 0) is 36.2 Å². The van der Waals surface area contributed by atoms with Gasteiger partial charge in [0.05, 0.1) is 6.04 Å². The molecule has 2 atom stereocenters. The van der Waals surface area contributed by atoms with Crippen LogP contribution in [0.2, 0.25) is 0 Å². The highest BCUT2D eigenvalue weighted by Gasteiger charge is 2.52. The standard InChI is InChI=1S/C22H17FN2O3/c1-11(26)18-21(27)17-10-15-14-7-2-3-8-16(14)24-19(15)20(25(17)22(18)28)12-5-4-6-13(23)9-12/h2-9,17,20,24,26H,10H2,1H3/b18-11-/t17-,20+/m0/s1. The van der Waals surface area contributed by atoms with Gasteiger partial charge < -0.3 is 15.0 Å². The number of rotatable bonds is 1. The molecule has 5 nitrogen and oxygen atoms in total. The van der Waals surface area contributed by atoms with Crippen LogP contribution >= 0.6 is 0 Å². The minimum atomic E-state index is -0.718. The molecular weight excluding hydrogens is 359 g/mol. The zero-order valence-corrected chi connectivity index (χ0v) is 15.1. The Morgan fingerprint density at radius 3 is 2.71 bits per heavy atom. The van der Waals surface area contributed by atoms with Crippen molar-refractivity contribution in [1.82, 2.24) is 9.88 Å². The highest BCUT2D eigenvalue weighted by Crippen LogP contribution is 2.45. The van der Waals surface area contributed by atoms with E-state index in [1.54, 1.807) is 12.1 Å². The van der Waals surface area contributed by atoms with Gasteiger partial charge in [0, 0.05) is 23.0 Å². The minimum absolute atomic E-state index is 0.180. The molecule has 5 rings (SSSR count). The van der Waals surface area contributed by atoms with Gasteiger partial charge in [-0.15, -0.1) is 0 Å². The molecule has 2 aliphatic rings. The number of aliphatic hydroxyl groups is 1. The van der Waals surface area contributed by atoms with E-state index in [4.69, 9.17) is 0 Å². The summed E-state index contributed by atoms with van der Waals surface area (Å²) in [5.74, 6) is -1.60. The molecule has 0 saturated carbocycles. The number of hydrogen-bond donors (Lipinski definition) is 2. The maximum absolute atomic E-state index is 14.0. The number of hydrogen-bond acceptors (Lipinski definition) is 3. The zero-order chi connectivity index (χ0) is 19.6. The summed E-state index contributed by atoms with van der Waals surface area (Å²) in [6.07, 6.45) is 0.354. The van der Waals surface area contributed by atoms with Crippen molar-refractivity contribution in [2.24, 2.45) is 0 Å². The van der Waals surface area contributed by atoms with E-state index in [9.17, 15) is 19.1 Å². The van der Waals surface area contributed by atoms with Crippen molar-refractivity contribution in [3.8, 4) is 0 Å². The number of halogens is 1. The van der Waals surface area contributed by atoms with E-state index < -0.39 is 23.8 Å². The van der Waals surface area contributed by atoms with Crippen molar-refractivity contribution < 1.29 is 19.1 Å². The number of carbonyl (C=O) groups is 2. The lowest BCUT2D eigenvalue weighted by molar-refractivity contribution is -0.129. The topological polar surface area (TPSA) is 73.4 Å². The molecule has 0 bridgehead atoms. The van der Waals surface area contributed by atoms with Gasteiger partial charge in [0.25, 0.3) is 5.91 Å². The van der Waals surface area contributed by atoms with E-state index in [-0.39, 0.29) is 17.1 Å². The summed E-state index contributed by atoms with van der Waals surface area (Å²) in [7, 11) is 0. The number of nitrogens with zero attached hydrogens (tertiary/aromatic N) is 1. The molecule has 0 radical (unpaired) electrons. The maximum Gasteiger partial charge on any atom is 0.262 e. The molecule has 28 heavy (non-hydrogen) atoms. The molecule has 0 aliphatic carbocycles. The Morgan fingerprint density at radius 2 is 1.96 bits per heavy atom. The first-order valence-electron chi connectivity index (χ1n) is 9.09. The van der Waals surface area contributed by atoms with E-state index in [1.165, 1.54) is 24.0 Å². The van der Waals surface area contributed by atoms with E-state index in [0.717, 1.165) is 22.2 Å². The summed E-state index contributed by atoms with van der Waals surface area (Å²) in [5, 5.41) is 10.9. The average Bonchev–Trinajstić information content (AvgIpc) is 3.15. The Hall–Kier alpha value is -3.41. The summed E-state index contributed by atoms with van der Waals surface area (Å²) in [6.45, 7) is 1.34. The highest BCUT2D eigenvalue weighted by atomic mass is 19.1. The van der Waals surface area contributed by atoms with Crippen LogP contribution < -0.4 is 0 Å². The van der Waals surface area contributed by atoms with Crippen molar-refractivity contribution in [1.29, 1.82) is 0 Å². The van der Waals surface area contributed by atoms with Crippen molar-refractivity contribution in [2.45, 2.75) is 25.4 Å². The molecule has 2 aliphatic heterocycles. The van der Waals surface area contributed by atoms with Crippen LogP contribution in [0.3, 0.4) is 0 Å². The van der Waals surface area contributed by atoms with Crippen LogP contribution in [0.15, 0.2) is 59.9 Å². The molecule has 2 aromatic carbocycles. The number of para-hydroxylation sites is 1.